The van der Waals surface area contributed by atoms with Gasteiger partial charge in [-0.3, -0.25) is 14.4 Å². The zero-order valence-electron chi connectivity index (χ0n) is 41.3. The lowest BCUT2D eigenvalue weighted by atomic mass is 10.1. The van der Waals surface area contributed by atoms with Crippen LogP contribution in [0.25, 0.3) is 0 Å². The van der Waals surface area contributed by atoms with E-state index in [1.807, 2.05) is 0 Å². The average Bonchev–Trinajstić information content (AvgIpc) is 3.29. The minimum absolute atomic E-state index is 0.111. The van der Waals surface area contributed by atoms with Crippen molar-refractivity contribution in [2.24, 2.45) is 0 Å². The topological polar surface area (TPSA) is 78.9 Å². The van der Waals surface area contributed by atoms with E-state index in [9.17, 15) is 14.4 Å². The van der Waals surface area contributed by atoms with E-state index in [1.54, 1.807) is 0 Å². The van der Waals surface area contributed by atoms with Crippen molar-refractivity contribution in [2.45, 2.75) is 226 Å². The van der Waals surface area contributed by atoms with Crippen LogP contribution in [0.4, 0.5) is 0 Å². The van der Waals surface area contributed by atoms with Crippen LogP contribution in [0.3, 0.4) is 0 Å². The van der Waals surface area contributed by atoms with Crippen LogP contribution in [0.2, 0.25) is 0 Å². The monoisotopic (exact) mass is 887 g/mol. The van der Waals surface area contributed by atoms with Crippen LogP contribution in [0.5, 0.6) is 0 Å². The van der Waals surface area contributed by atoms with Crippen LogP contribution in [-0.2, 0) is 28.6 Å². The molecular formula is C58H94O6. The van der Waals surface area contributed by atoms with E-state index in [2.05, 4.69) is 130 Å². The summed E-state index contributed by atoms with van der Waals surface area (Å²) in [5, 5.41) is 0. The molecule has 64 heavy (non-hydrogen) atoms. The minimum atomic E-state index is -0.816. The molecule has 0 aliphatic rings. The summed E-state index contributed by atoms with van der Waals surface area (Å²) in [4.78, 5) is 38.0. The van der Waals surface area contributed by atoms with Crippen LogP contribution >= 0.6 is 0 Å². The van der Waals surface area contributed by atoms with Gasteiger partial charge in [-0.15, -0.1) is 0 Å². The molecule has 0 N–H and O–H groups in total. The smallest absolute Gasteiger partial charge is 0.306 e. The number of carbonyl (C=O) groups is 3. The highest BCUT2D eigenvalue weighted by Crippen LogP contribution is 2.12. The third-order valence-corrected chi connectivity index (χ3v) is 10.5. The highest BCUT2D eigenvalue weighted by atomic mass is 16.6. The number of allylic oxidation sites excluding steroid dienone is 18. The fourth-order valence-electron chi connectivity index (χ4n) is 6.58. The Kier molecular flexibility index (Phi) is 48.5. The zero-order valence-corrected chi connectivity index (χ0v) is 41.3. The second kappa shape index (κ2) is 51.7. The van der Waals surface area contributed by atoms with E-state index in [-0.39, 0.29) is 37.5 Å². The molecule has 0 heterocycles. The van der Waals surface area contributed by atoms with Crippen molar-refractivity contribution in [3.05, 3.63) is 109 Å². The van der Waals surface area contributed by atoms with Gasteiger partial charge in [-0.1, -0.05) is 194 Å². The van der Waals surface area contributed by atoms with Gasteiger partial charge >= 0.3 is 17.9 Å². The van der Waals surface area contributed by atoms with Crippen molar-refractivity contribution < 1.29 is 28.6 Å². The predicted octanol–water partition coefficient (Wildman–Crippen LogP) is 17.1. The normalized spacial score (nSPS) is 13.0. The highest BCUT2D eigenvalue weighted by molar-refractivity contribution is 5.71. The Morgan fingerprint density at radius 1 is 0.328 bits per heavy atom. The lowest BCUT2D eigenvalue weighted by molar-refractivity contribution is -0.167. The Balaban J connectivity index is 4.54. The van der Waals surface area contributed by atoms with E-state index in [0.29, 0.717) is 19.3 Å². The van der Waals surface area contributed by atoms with Crippen LogP contribution in [0, 0.1) is 0 Å². The van der Waals surface area contributed by atoms with Crippen molar-refractivity contribution in [3.8, 4) is 0 Å². The number of unbranched alkanes of at least 4 members (excludes halogenated alkanes) is 16. The fourth-order valence-corrected chi connectivity index (χ4v) is 6.58. The first kappa shape index (κ1) is 60.1. The Morgan fingerprint density at radius 3 is 1.06 bits per heavy atom. The van der Waals surface area contributed by atoms with Gasteiger partial charge in [0, 0.05) is 19.3 Å². The summed E-state index contributed by atoms with van der Waals surface area (Å²) in [5.41, 5.74) is 0. The predicted molar refractivity (Wildman–Crippen MR) is 274 cm³/mol. The lowest BCUT2D eigenvalue weighted by Gasteiger charge is -2.18. The number of hydrogen-bond donors (Lipinski definition) is 0. The molecule has 0 unspecified atom stereocenters. The Labute approximate surface area is 393 Å². The van der Waals surface area contributed by atoms with Gasteiger partial charge in [0.05, 0.1) is 0 Å². The Morgan fingerprint density at radius 2 is 0.641 bits per heavy atom. The van der Waals surface area contributed by atoms with Gasteiger partial charge in [-0.25, -0.2) is 0 Å². The third kappa shape index (κ3) is 49.1. The second-order valence-corrected chi connectivity index (χ2v) is 16.7. The van der Waals surface area contributed by atoms with Crippen LogP contribution < -0.4 is 0 Å². The summed E-state index contributed by atoms with van der Waals surface area (Å²) in [6, 6.07) is 0. The van der Waals surface area contributed by atoms with Gasteiger partial charge in [0.15, 0.2) is 6.10 Å². The first-order chi connectivity index (χ1) is 31.5. The molecule has 0 spiro atoms. The van der Waals surface area contributed by atoms with Gasteiger partial charge in [-0.2, -0.15) is 0 Å². The van der Waals surface area contributed by atoms with E-state index in [4.69, 9.17) is 14.2 Å². The van der Waals surface area contributed by atoms with Crippen molar-refractivity contribution in [1.82, 2.24) is 0 Å². The molecule has 0 saturated carbocycles. The summed E-state index contributed by atoms with van der Waals surface area (Å²) < 4.78 is 16.7. The zero-order chi connectivity index (χ0) is 46.5. The molecule has 362 valence electrons. The molecule has 6 heteroatoms. The molecule has 0 aromatic carbocycles. The molecule has 0 aliphatic carbocycles. The first-order valence-electron chi connectivity index (χ1n) is 25.9. The standard InChI is InChI=1S/C58H94O6/c1-4-7-10-13-16-19-22-25-28-29-31-33-36-39-42-45-48-51-57(60)63-54-55(53-62-56(59)50-47-44-41-38-35-32-27-24-21-18-15-12-9-6-3)64-58(61)52-49-46-43-40-37-34-30-26-23-20-17-14-11-8-5-2/h7,10,15-20,24-28,30-31,33,39,42,55H,4-6,8-9,11-14,21-23,29,32,34-38,40-41,43-54H2,1-3H3/b10-7-,18-15-,19-16-,20-17-,27-24-,28-25-,30-26-,33-31-,42-39-/t55-/m1/s1. The van der Waals surface area contributed by atoms with Crippen molar-refractivity contribution >= 4 is 17.9 Å². The molecule has 0 bridgehead atoms. The number of hydrogen-bond acceptors (Lipinski definition) is 6. The molecule has 1 atom stereocenters. The summed E-state index contributed by atoms with van der Waals surface area (Å²) in [6.07, 6.45) is 69.3. The van der Waals surface area contributed by atoms with E-state index < -0.39 is 6.10 Å². The molecule has 0 fully saturated rings. The van der Waals surface area contributed by atoms with Gasteiger partial charge in [0.1, 0.15) is 13.2 Å². The molecule has 0 radical (unpaired) electrons. The van der Waals surface area contributed by atoms with Crippen molar-refractivity contribution in [3.63, 3.8) is 0 Å². The summed E-state index contributed by atoms with van der Waals surface area (Å²) in [7, 11) is 0. The fraction of sp³-hybridized carbons (Fsp3) is 0.638. The quantitative estimate of drug-likeness (QED) is 0.0262. The Bertz CT molecular complexity index is 1340. The summed E-state index contributed by atoms with van der Waals surface area (Å²) in [6.45, 7) is 6.37. The first-order valence-corrected chi connectivity index (χ1v) is 25.9. The van der Waals surface area contributed by atoms with Crippen LogP contribution in [-0.4, -0.2) is 37.2 Å². The lowest BCUT2D eigenvalue weighted by Crippen LogP contribution is -2.30. The number of carbonyl (C=O) groups excluding carboxylic acids is 3. The third-order valence-electron chi connectivity index (χ3n) is 10.5. The molecule has 0 saturated heterocycles. The maximum atomic E-state index is 12.8. The average molecular weight is 887 g/mol. The molecule has 0 aromatic rings. The molecule has 0 rings (SSSR count). The summed E-state index contributed by atoms with van der Waals surface area (Å²) in [5.74, 6) is -1.00. The SMILES string of the molecule is CC/C=C\C/C=C\C/C=C\C/C=C\C/C=C\CCCC(=O)OC[C@@H](COC(=O)CCCCCCC/C=C\C/C=C\CCCC)OC(=O)CCCCCCC/C=C\C/C=C\CCCCC. The highest BCUT2D eigenvalue weighted by Gasteiger charge is 2.19. The van der Waals surface area contributed by atoms with Gasteiger partial charge in [-0.05, 0) is 116 Å². The number of esters is 3. The van der Waals surface area contributed by atoms with Gasteiger partial charge < -0.3 is 14.2 Å². The molecule has 0 aromatic heterocycles. The van der Waals surface area contributed by atoms with E-state index >= 15 is 0 Å². The number of ether oxygens (including phenoxy) is 3. The number of rotatable bonds is 45. The van der Waals surface area contributed by atoms with E-state index in [1.165, 1.54) is 44.9 Å². The van der Waals surface area contributed by atoms with Crippen LogP contribution in [0.15, 0.2) is 109 Å². The van der Waals surface area contributed by atoms with Gasteiger partial charge in [0.25, 0.3) is 0 Å². The summed E-state index contributed by atoms with van der Waals surface area (Å²) >= 11 is 0. The maximum Gasteiger partial charge on any atom is 0.306 e. The molecule has 6 nitrogen and oxygen atoms in total. The molecule has 0 amide bonds. The Hall–Kier alpha value is -3.93. The minimum Gasteiger partial charge on any atom is -0.462 e. The van der Waals surface area contributed by atoms with Crippen molar-refractivity contribution in [2.75, 3.05) is 13.2 Å². The molecular weight excluding hydrogens is 793 g/mol. The maximum absolute atomic E-state index is 12.8. The largest absolute Gasteiger partial charge is 0.462 e. The van der Waals surface area contributed by atoms with E-state index in [0.717, 1.165) is 128 Å². The van der Waals surface area contributed by atoms with Crippen LogP contribution in [0.1, 0.15) is 220 Å². The van der Waals surface area contributed by atoms with Gasteiger partial charge in [0.2, 0.25) is 0 Å². The molecule has 0 aliphatic heterocycles. The second-order valence-electron chi connectivity index (χ2n) is 16.7. The van der Waals surface area contributed by atoms with Crippen molar-refractivity contribution in [1.29, 1.82) is 0 Å².